The molecular weight excluding hydrogens is 365 g/mol. The Hall–Kier alpha value is -0.745. The molecule has 0 bridgehead atoms. The highest BCUT2D eigenvalue weighted by atomic mass is 16.7. The van der Waals surface area contributed by atoms with Crippen LogP contribution in [-0.4, -0.2) is 48.0 Å². The van der Waals surface area contributed by atoms with E-state index in [1.807, 2.05) is 25.7 Å². The second-order valence-corrected chi connectivity index (χ2v) is 10.7. The molecule has 0 aromatic rings. The zero-order chi connectivity index (χ0) is 22.5. The third kappa shape index (κ3) is 8.12. The number of rotatable bonds is 4. The van der Waals surface area contributed by atoms with E-state index in [9.17, 15) is 4.79 Å². The van der Waals surface area contributed by atoms with Gasteiger partial charge < -0.3 is 18.9 Å². The number of piperidine rings is 1. The van der Waals surface area contributed by atoms with Crippen LogP contribution in [0.1, 0.15) is 101 Å². The molecular formula is C23H46BNO4. The van der Waals surface area contributed by atoms with Gasteiger partial charge in [-0.3, -0.25) is 0 Å². The van der Waals surface area contributed by atoms with E-state index in [2.05, 4.69) is 48.5 Å². The van der Waals surface area contributed by atoms with Crippen LogP contribution in [0.15, 0.2) is 0 Å². The first kappa shape index (κ1) is 26.3. The Morgan fingerprint density at radius 2 is 1.59 bits per heavy atom. The number of amides is 1. The third-order valence-corrected chi connectivity index (χ3v) is 6.34. The lowest BCUT2D eigenvalue weighted by atomic mass is 9.72. The van der Waals surface area contributed by atoms with Crippen LogP contribution in [0.2, 0.25) is 5.82 Å². The van der Waals surface area contributed by atoms with Gasteiger partial charge in [0.1, 0.15) is 5.60 Å². The maximum absolute atomic E-state index is 11.8. The first-order valence-corrected chi connectivity index (χ1v) is 11.6. The molecule has 2 rings (SSSR count). The summed E-state index contributed by atoms with van der Waals surface area (Å²) < 4.78 is 17.1. The van der Waals surface area contributed by atoms with Gasteiger partial charge in [-0.15, -0.1) is 0 Å². The van der Waals surface area contributed by atoms with E-state index >= 15 is 0 Å². The average molecular weight is 411 g/mol. The largest absolute Gasteiger partial charge is 0.460 e. The van der Waals surface area contributed by atoms with Crippen LogP contribution in [0.3, 0.4) is 0 Å². The van der Waals surface area contributed by atoms with Crippen molar-refractivity contribution >= 4 is 13.2 Å². The number of carbonyl (C=O) groups excluding carboxylic acids is 1. The topological polar surface area (TPSA) is 48.0 Å². The predicted molar refractivity (Wildman–Crippen MR) is 121 cm³/mol. The van der Waals surface area contributed by atoms with Crippen molar-refractivity contribution in [1.29, 1.82) is 0 Å². The summed E-state index contributed by atoms with van der Waals surface area (Å²) in [5, 5.41) is 0. The smallest absolute Gasteiger partial charge is 0.444 e. The van der Waals surface area contributed by atoms with Crippen molar-refractivity contribution in [2.75, 3.05) is 13.1 Å². The number of ether oxygens (including phenoxy) is 1. The molecule has 1 atom stereocenters. The molecule has 0 radical (unpaired) electrons. The van der Waals surface area contributed by atoms with Crippen LogP contribution < -0.4 is 0 Å². The molecule has 1 amide bonds. The van der Waals surface area contributed by atoms with Crippen molar-refractivity contribution in [1.82, 2.24) is 4.90 Å². The van der Waals surface area contributed by atoms with Gasteiger partial charge in [-0.25, -0.2) is 4.79 Å². The normalized spacial score (nSPS) is 22.7. The Balaban J connectivity index is 0.000000296. The number of likely N-dealkylation sites (tertiary alicyclic amines) is 1. The fourth-order valence-electron chi connectivity index (χ4n) is 3.45. The SMILES string of the molecule is CCC(C)B1OC(C)(C)C(C)(C)O1.CCCC1CCN(C(=O)OC(C)(C)C)CC1. The first-order valence-electron chi connectivity index (χ1n) is 11.6. The van der Waals surface area contributed by atoms with Crippen LogP contribution in [0.4, 0.5) is 4.79 Å². The van der Waals surface area contributed by atoms with E-state index in [4.69, 9.17) is 14.0 Å². The Bertz CT molecular complexity index is 491. The zero-order valence-electron chi connectivity index (χ0n) is 20.8. The van der Waals surface area contributed by atoms with E-state index in [1.54, 1.807) is 0 Å². The molecule has 2 aliphatic rings. The van der Waals surface area contributed by atoms with Crippen molar-refractivity contribution in [2.24, 2.45) is 5.92 Å². The van der Waals surface area contributed by atoms with Gasteiger partial charge in [0.05, 0.1) is 11.2 Å². The molecule has 2 aliphatic heterocycles. The Labute approximate surface area is 180 Å². The average Bonchev–Trinajstić information content (AvgIpc) is 2.82. The molecule has 170 valence electrons. The Morgan fingerprint density at radius 3 is 1.97 bits per heavy atom. The van der Waals surface area contributed by atoms with Crippen molar-refractivity contribution < 1.29 is 18.8 Å². The minimum atomic E-state index is -0.378. The number of hydrogen-bond acceptors (Lipinski definition) is 4. The molecule has 2 saturated heterocycles. The molecule has 0 aromatic heterocycles. The summed E-state index contributed by atoms with van der Waals surface area (Å²) in [5.74, 6) is 1.28. The fraction of sp³-hybridized carbons (Fsp3) is 0.957. The monoisotopic (exact) mass is 411 g/mol. The highest BCUT2D eigenvalue weighted by Gasteiger charge is 2.52. The van der Waals surface area contributed by atoms with Crippen LogP contribution in [0, 0.1) is 5.92 Å². The Kier molecular flexibility index (Phi) is 9.54. The van der Waals surface area contributed by atoms with Gasteiger partial charge in [0, 0.05) is 13.1 Å². The minimum absolute atomic E-state index is 0.0324. The summed E-state index contributed by atoms with van der Waals surface area (Å²) >= 11 is 0. The van der Waals surface area contributed by atoms with Gasteiger partial charge in [0.2, 0.25) is 0 Å². The van der Waals surface area contributed by atoms with Gasteiger partial charge in [-0.1, -0.05) is 40.0 Å². The van der Waals surface area contributed by atoms with E-state index < -0.39 is 0 Å². The molecule has 0 N–H and O–H groups in total. The molecule has 0 aliphatic carbocycles. The summed E-state index contributed by atoms with van der Waals surface area (Å²) in [6.45, 7) is 22.4. The Morgan fingerprint density at radius 1 is 1.10 bits per heavy atom. The van der Waals surface area contributed by atoms with Gasteiger partial charge in [-0.2, -0.15) is 0 Å². The summed E-state index contributed by atoms with van der Waals surface area (Å²) in [7, 11) is -0.0324. The van der Waals surface area contributed by atoms with E-state index in [1.165, 1.54) is 12.8 Å². The number of carbonyl (C=O) groups is 1. The molecule has 2 heterocycles. The molecule has 5 nitrogen and oxygen atoms in total. The van der Waals surface area contributed by atoms with E-state index in [0.29, 0.717) is 5.82 Å². The maximum atomic E-state index is 11.8. The predicted octanol–water partition coefficient (Wildman–Crippen LogP) is 6.31. The van der Waals surface area contributed by atoms with Crippen molar-refractivity contribution in [3.8, 4) is 0 Å². The highest BCUT2D eigenvalue weighted by molar-refractivity contribution is 6.47. The summed E-state index contributed by atoms with van der Waals surface area (Å²) in [4.78, 5) is 13.6. The quantitative estimate of drug-likeness (QED) is 0.509. The van der Waals surface area contributed by atoms with E-state index in [0.717, 1.165) is 38.3 Å². The fourth-order valence-corrected chi connectivity index (χ4v) is 3.45. The van der Waals surface area contributed by atoms with Crippen molar-refractivity contribution in [3.05, 3.63) is 0 Å². The van der Waals surface area contributed by atoms with Crippen molar-refractivity contribution in [3.63, 3.8) is 0 Å². The molecule has 1 unspecified atom stereocenters. The van der Waals surface area contributed by atoms with Crippen molar-refractivity contribution in [2.45, 2.75) is 124 Å². The van der Waals surface area contributed by atoms with Crippen LogP contribution in [0.25, 0.3) is 0 Å². The second-order valence-electron chi connectivity index (χ2n) is 10.7. The lowest BCUT2D eigenvalue weighted by molar-refractivity contribution is 0.00578. The molecule has 2 fully saturated rings. The lowest BCUT2D eigenvalue weighted by Gasteiger charge is -2.33. The summed E-state index contributed by atoms with van der Waals surface area (Å²) in [6, 6.07) is 0. The standard InChI is InChI=1S/C13H25NO2.C10H21BO2/c1-5-6-11-7-9-14(10-8-11)12(15)16-13(2,3)4;1-7-8(2)11-12-9(3,4)10(5,6)13-11/h11H,5-10H2,1-4H3;8H,7H2,1-6H3. The third-order valence-electron chi connectivity index (χ3n) is 6.34. The molecule has 29 heavy (non-hydrogen) atoms. The van der Waals surface area contributed by atoms with Gasteiger partial charge in [-0.05, 0) is 73.0 Å². The maximum Gasteiger partial charge on any atom is 0.460 e. The van der Waals surface area contributed by atoms with E-state index in [-0.39, 0.29) is 30.0 Å². The lowest BCUT2D eigenvalue weighted by Crippen LogP contribution is -2.41. The second kappa shape index (κ2) is 10.5. The van der Waals surface area contributed by atoms with Crippen LogP contribution in [0.5, 0.6) is 0 Å². The zero-order valence-corrected chi connectivity index (χ0v) is 20.8. The van der Waals surface area contributed by atoms with Crippen LogP contribution in [-0.2, 0) is 14.0 Å². The van der Waals surface area contributed by atoms with Gasteiger partial charge >= 0.3 is 13.2 Å². The molecule has 0 aromatic carbocycles. The molecule has 6 heteroatoms. The van der Waals surface area contributed by atoms with Crippen LogP contribution >= 0.6 is 0 Å². The number of nitrogens with zero attached hydrogens (tertiary/aromatic N) is 1. The first-order chi connectivity index (χ1) is 13.2. The summed E-state index contributed by atoms with van der Waals surface area (Å²) in [6.07, 6.45) is 5.75. The summed E-state index contributed by atoms with van der Waals surface area (Å²) in [5.41, 5.74) is -0.737. The highest BCUT2D eigenvalue weighted by Crippen LogP contribution is 2.40. The molecule has 0 saturated carbocycles. The number of hydrogen-bond donors (Lipinski definition) is 0. The minimum Gasteiger partial charge on any atom is -0.444 e. The van der Waals surface area contributed by atoms with Gasteiger partial charge in [0.25, 0.3) is 0 Å². The van der Waals surface area contributed by atoms with Gasteiger partial charge in [0.15, 0.2) is 0 Å². The molecule has 0 spiro atoms.